The minimum absolute atomic E-state index is 0.0147. The van der Waals surface area contributed by atoms with Crippen LogP contribution in [0, 0.1) is 18.3 Å². The second-order valence-corrected chi connectivity index (χ2v) is 6.99. The molecule has 1 aromatic carbocycles. The van der Waals surface area contributed by atoms with Crippen LogP contribution >= 0.6 is 0 Å². The van der Waals surface area contributed by atoms with E-state index < -0.39 is 0 Å². The normalized spacial score (nSPS) is 19.8. The summed E-state index contributed by atoms with van der Waals surface area (Å²) in [5.74, 6) is 0.783. The molecule has 4 rings (SSSR count). The van der Waals surface area contributed by atoms with Crippen LogP contribution in [0.3, 0.4) is 0 Å². The molecule has 1 aliphatic carbocycles. The molecule has 0 N–H and O–H groups in total. The second kappa shape index (κ2) is 6.36. The van der Waals surface area contributed by atoms with Gasteiger partial charge < -0.3 is 9.64 Å². The van der Waals surface area contributed by atoms with Crippen LogP contribution in [-0.4, -0.2) is 34.5 Å². The first-order chi connectivity index (χ1) is 12.1. The Balaban J connectivity index is 1.64. The Kier molecular flexibility index (Phi) is 4.04. The zero-order valence-corrected chi connectivity index (χ0v) is 14.4. The smallest absolute Gasteiger partial charge is 0.228 e. The number of carbonyl (C=O) groups excluding carboxylic acids is 1. The van der Waals surface area contributed by atoms with Crippen molar-refractivity contribution < 1.29 is 9.53 Å². The molecule has 25 heavy (non-hydrogen) atoms. The lowest BCUT2D eigenvalue weighted by Gasteiger charge is -2.20. The van der Waals surface area contributed by atoms with Gasteiger partial charge in [-0.15, -0.1) is 0 Å². The van der Waals surface area contributed by atoms with E-state index in [1.807, 2.05) is 31.2 Å². The Labute approximate surface area is 147 Å². The molecule has 2 heterocycles. The van der Waals surface area contributed by atoms with Gasteiger partial charge in [-0.3, -0.25) is 4.79 Å². The largest absolute Gasteiger partial charge is 0.488 e. The summed E-state index contributed by atoms with van der Waals surface area (Å²) in [4.78, 5) is 19.0. The number of hydrogen-bond acceptors (Lipinski definition) is 4. The Morgan fingerprint density at radius 3 is 2.96 bits per heavy atom. The van der Waals surface area contributed by atoms with E-state index in [4.69, 9.17) is 4.74 Å². The number of benzene rings is 1. The van der Waals surface area contributed by atoms with Crippen molar-refractivity contribution in [1.82, 2.24) is 9.88 Å². The second-order valence-electron chi connectivity index (χ2n) is 6.99. The van der Waals surface area contributed by atoms with Crippen molar-refractivity contribution in [2.45, 2.75) is 51.2 Å². The molecule has 0 spiro atoms. The molecule has 1 amide bonds. The molecule has 1 saturated carbocycles. The number of hydrogen-bond donors (Lipinski definition) is 0. The maximum Gasteiger partial charge on any atom is 0.228 e. The van der Waals surface area contributed by atoms with Gasteiger partial charge in [0.2, 0.25) is 5.91 Å². The number of rotatable bonds is 4. The molecule has 1 unspecified atom stereocenters. The number of ether oxygens (including phenoxy) is 1. The van der Waals surface area contributed by atoms with E-state index in [0.29, 0.717) is 13.0 Å². The number of amides is 1. The summed E-state index contributed by atoms with van der Waals surface area (Å²) in [5, 5.41) is 10.2. The lowest BCUT2D eigenvalue weighted by molar-refractivity contribution is -0.130. The third-order valence-electron chi connectivity index (χ3n) is 4.85. The van der Waals surface area contributed by atoms with Gasteiger partial charge in [-0.25, -0.2) is 4.98 Å². The van der Waals surface area contributed by atoms with Crippen LogP contribution in [0.4, 0.5) is 0 Å². The van der Waals surface area contributed by atoms with Gasteiger partial charge in [0.25, 0.3) is 0 Å². The SMILES string of the molecule is Cc1ccc2cc(CC(=O)N3CCCC3C#N)cc(OC3CC3)c2n1. The fourth-order valence-corrected chi connectivity index (χ4v) is 3.39. The summed E-state index contributed by atoms with van der Waals surface area (Å²) < 4.78 is 6.04. The van der Waals surface area contributed by atoms with E-state index >= 15 is 0 Å². The van der Waals surface area contributed by atoms with Gasteiger partial charge in [0.05, 0.1) is 18.6 Å². The molecule has 1 aliphatic heterocycles. The number of pyridine rings is 1. The Bertz CT molecular complexity index is 867. The summed E-state index contributed by atoms with van der Waals surface area (Å²) in [7, 11) is 0. The molecule has 0 radical (unpaired) electrons. The molecule has 2 fully saturated rings. The summed E-state index contributed by atoms with van der Waals surface area (Å²) in [6.45, 7) is 2.64. The maximum absolute atomic E-state index is 12.6. The van der Waals surface area contributed by atoms with Crippen LogP contribution in [0.5, 0.6) is 5.75 Å². The number of nitrogens with zero attached hydrogens (tertiary/aromatic N) is 3. The highest BCUT2D eigenvalue weighted by molar-refractivity contribution is 5.88. The summed E-state index contributed by atoms with van der Waals surface area (Å²) in [5.41, 5.74) is 2.73. The van der Waals surface area contributed by atoms with Crippen LogP contribution in [0.15, 0.2) is 24.3 Å². The third kappa shape index (κ3) is 3.30. The summed E-state index contributed by atoms with van der Waals surface area (Å²) >= 11 is 0. The van der Waals surface area contributed by atoms with E-state index in [1.165, 1.54) is 0 Å². The van der Waals surface area contributed by atoms with E-state index in [1.54, 1.807) is 4.90 Å². The zero-order chi connectivity index (χ0) is 17.4. The van der Waals surface area contributed by atoms with E-state index in [2.05, 4.69) is 11.1 Å². The van der Waals surface area contributed by atoms with Crippen LogP contribution in [0.2, 0.25) is 0 Å². The molecular weight excluding hydrogens is 314 g/mol. The van der Waals surface area contributed by atoms with Crippen molar-refractivity contribution in [1.29, 1.82) is 5.26 Å². The van der Waals surface area contributed by atoms with Crippen molar-refractivity contribution in [2.24, 2.45) is 0 Å². The van der Waals surface area contributed by atoms with E-state index in [0.717, 1.165) is 53.6 Å². The Hall–Kier alpha value is -2.61. The van der Waals surface area contributed by atoms with Crippen molar-refractivity contribution in [3.05, 3.63) is 35.5 Å². The van der Waals surface area contributed by atoms with Crippen molar-refractivity contribution in [2.75, 3.05) is 6.54 Å². The highest BCUT2D eigenvalue weighted by Crippen LogP contribution is 2.33. The molecule has 1 saturated heterocycles. The molecule has 2 aromatic rings. The van der Waals surface area contributed by atoms with Crippen molar-refractivity contribution in [3.63, 3.8) is 0 Å². The molecule has 2 aliphatic rings. The highest BCUT2D eigenvalue weighted by Gasteiger charge is 2.29. The van der Waals surface area contributed by atoms with E-state index in [-0.39, 0.29) is 18.1 Å². The third-order valence-corrected chi connectivity index (χ3v) is 4.85. The molecule has 1 aromatic heterocycles. The van der Waals surface area contributed by atoms with Crippen LogP contribution < -0.4 is 4.74 Å². The minimum Gasteiger partial charge on any atom is -0.488 e. The van der Waals surface area contributed by atoms with Crippen LogP contribution in [0.25, 0.3) is 10.9 Å². The van der Waals surface area contributed by atoms with Gasteiger partial charge in [-0.1, -0.05) is 6.07 Å². The van der Waals surface area contributed by atoms with Crippen molar-refractivity contribution >= 4 is 16.8 Å². The van der Waals surface area contributed by atoms with Gasteiger partial charge in [-0.2, -0.15) is 5.26 Å². The fourth-order valence-electron chi connectivity index (χ4n) is 3.39. The van der Waals surface area contributed by atoms with Crippen molar-refractivity contribution in [3.8, 4) is 11.8 Å². The predicted octanol–water partition coefficient (Wildman–Crippen LogP) is 3.14. The lowest BCUT2D eigenvalue weighted by atomic mass is 10.1. The molecule has 128 valence electrons. The maximum atomic E-state index is 12.6. The first-order valence-corrected chi connectivity index (χ1v) is 8.90. The number of fused-ring (bicyclic) bond motifs is 1. The van der Waals surface area contributed by atoms with Crippen LogP contribution in [0.1, 0.15) is 36.9 Å². The molecular formula is C20H21N3O2. The molecule has 5 heteroatoms. The monoisotopic (exact) mass is 335 g/mol. The topological polar surface area (TPSA) is 66.2 Å². The molecule has 5 nitrogen and oxygen atoms in total. The minimum atomic E-state index is -0.278. The van der Waals surface area contributed by atoms with Gasteiger partial charge >= 0.3 is 0 Å². The first kappa shape index (κ1) is 15.9. The summed E-state index contributed by atoms with van der Waals surface area (Å²) in [6, 6.07) is 9.91. The zero-order valence-electron chi connectivity index (χ0n) is 14.4. The number of aryl methyl sites for hydroxylation is 1. The fraction of sp³-hybridized carbons (Fsp3) is 0.450. The van der Waals surface area contributed by atoms with E-state index in [9.17, 15) is 10.1 Å². The van der Waals surface area contributed by atoms with Gasteiger partial charge in [0.1, 0.15) is 17.3 Å². The quantitative estimate of drug-likeness (QED) is 0.861. The highest BCUT2D eigenvalue weighted by atomic mass is 16.5. The predicted molar refractivity (Wildman–Crippen MR) is 94.2 cm³/mol. The number of aromatic nitrogens is 1. The van der Waals surface area contributed by atoms with Crippen LogP contribution in [-0.2, 0) is 11.2 Å². The first-order valence-electron chi connectivity index (χ1n) is 8.90. The number of carbonyl (C=O) groups is 1. The Morgan fingerprint density at radius 1 is 1.36 bits per heavy atom. The molecule has 1 atom stereocenters. The number of nitriles is 1. The lowest BCUT2D eigenvalue weighted by Crippen LogP contribution is -2.35. The van der Waals surface area contributed by atoms with Gasteiger partial charge in [-0.05, 0) is 56.4 Å². The average molecular weight is 335 g/mol. The molecule has 0 bridgehead atoms. The number of likely N-dealkylation sites (tertiary alicyclic amines) is 1. The summed E-state index contributed by atoms with van der Waals surface area (Å²) in [6.07, 6.45) is 4.41. The Morgan fingerprint density at radius 2 is 2.20 bits per heavy atom. The van der Waals surface area contributed by atoms with Gasteiger partial charge in [0, 0.05) is 17.6 Å². The standard InChI is InChI=1S/C20H21N3O2/c1-13-4-5-15-9-14(10-18(20(15)22-13)25-17-6-7-17)11-19(24)23-8-2-3-16(23)12-21/h4-5,9-10,16-17H,2-3,6-8,11H2,1H3. The van der Waals surface area contributed by atoms with Gasteiger partial charge in [0.15, 0.2) is 0 Å². The average Bonchev–Trinajstić information content (AvgIpc) is 3.28.